The summed E-state index contributed by atoms with van der Waals surface area (Å²) in [6.45, 7) is 4.63. The van der Waals surface area contributed by atoms with Crippen LogP contribution in [0.25, 0.3) is 0 Å². The lowest BCUT2D eigenvalue weighted by molar-refractivity contribution is 0.215. The highest BCUT2D eigenvalue weighted by Crippen LogP contribution is 2.23. The summed E-state index contributed by atoms with van der Waals surface area (Å²) in [7, 11) is 3.20. The van der Waals surface area contributed by atoms with Crippen molar-refractivity contribution in [3.63, 3.8) is 0 Å². The van der Waals surface area contributed by atoms with E-state index in [1.807, 2.05) is 36.4 Å². The maximum atomic E-state index is 12.6. The maximum absolute atomic E-state index is 12.6. The molecule has 0 atom stereocenters. The predicted octanol–water partition coefficient (Wildman–Crippen LogP) is 3.92. The number of nitrogens with zero attached hydrogens (tertiary/aromatic N) is 1. The fraction of sp³-hybridized carbons (Fsp3) is 0.211. The minimum Gasteiger partial charge on any atom is -0.497 e. The normalized spacial score (nSPS) is 9.92. The molecule has 0 saturated carbocycles. The summed E-state index contributed by atoms with van der Waals surface area (Å²) in [5, 5.41) is 2.88. The topological polar surface area (TPSA) is 50.8 Å². The molecule has 0 bridgehead atoms. The monoisotopic (exact) mass is 326 g/mol. The van der Waals surface area contributed by atoms with Crippen LogP contribution in [-0.4, -0.2) is 31.7 Å². The zero-order valence-corrected chi connectivity index (χ0v) is 14.0. The summed E-state index contributed by atoms with van der Waals surface area (Å²) in [5.41, 5.74) is 1.64. The molecule has 0 aliphatic rings. The number of carbonyl (C=O) groups is 1. The summed E-state index contributed by atoms with van der Waals surface area (Å²) < 4.78 is 10.4. The number of hydrogen-bond donors (Lipinski definition) is 1. The third-order valence-corrected chi connectivity index (χ3v) is 3.52. The summed E-state index contributed by atoms with van der Waals surface area (Å²) in [5.74, 6) is 1.40. The first-order valence-electron chi connectivity index (χ1n) is 7.60. The molecule has 2 aromatic rings. The number of urea groups is 1. The van der Waals surface area contributed by atoms with Gasteiger partial charge < -0.3 is 19.7 Å². The largest absolute Gasteiger partial charge is 0.497 e. The third-order valence-electron chi connectivity index (χ3n) is 3.52. The number of methoxy groups -OCH3 is 2. The Morgan fingerprint density at radius 2 is 1.83 bits per heavy atom. The number of ether oxygens (including phenoxy) is 2. The Morgan fingerprint density at radius 3 is 2.46 bits per heavy atom. The molecule has 24 heavy (non-hydrogen) atoms. The van der Waals surface area contributed by atoms with Crippen LogP contribution in [0.2, 0.25) is 0 Å². The van der Waals surface area contributed by atoms with Gasteiger partial charge in [0.15, 0.2) is 0 Å². The van der Waals surface area contributed by atoms with Crippen LogP contribution in [0.15, 0.2) is 61.2 Å². The number of para-hydroxylation sites is 2. The van der Waals surface area contributed by atoms with Gasteiger partial charge >= 0.3 is 6.03 Å². The van der Waals surface area contributed by atoms with Gasteiger partial charge in [-0.3, -0.25) is 0 Å². The second-order valence-corrected chi connectivity index (χ2v) is 5.15. The molecule has 126 valence electrons. The third kappa shape index (κ3) is 4.52. The van der Waals surface area contributed by atoms with Crippen molar-refractivity contribution in [2.75, 3.05) is 26.1 Å². The Balaban J connectivity index is 2.10. The van der Waals surface area contributed by atoms with Crippen LogP contribution in [0.3, 0.4) is 0 Å². The zero-order valence-electron chi connectivity index (χ0n) is 14.0. The van der Waals surface area contributed by atoms with Crippen LogP contribution < -0.4 is 14.8 Å². The molecule has 0 aromatic heterocycles. The van der Waals surface area contributed by atoms with Gasteiger partial charge in [-0.2, -0.15) is 0 Å². The number of anilines is 1. The number of amides is 2. The quantitative estimate of drug-likeness (QED) is 0.785. The zero-order chi connectivity index (χ0) is 17.4. The molecule has 0 saturated heterocycles. The van der Waals surface area contributed by atoms with E-state index in [1.165, 1.54) is 0 Å². The van der Waals surface area contributed by atoms with E-state index < -0.39 is 0 Å². The van der Waals surface area contributed by atoms with Crippen molar-refractivity contribution >= 4 is 11.7 Å². The lowest BCUT2D eigenvalue weighted by Crippen LogP contribution is -2.34. The van der Waals surface area contributed by atoms with E-state index in [0.29, 0.717) is 24.5 Å². The van der Waals surface area contributed by atoms with Gasteiger partial charge in [0.2, 0.25) is 0 Å². The molecule has 0 unspecified atom stereocenters. The second-order valence-electron chi connectivity index (χ2n) is 5.15. The van der Waals surface area contributed by atoms with Crippen LogP contribution in [-0.2, 0) is 6.54 Å². The lowest BCUT2D eigenvalue weighted by Gasteiger charge is -2.22. The van der Waals surface area contributed by atoms with E-state index >= 15 is 0 Å². The molecule has 0 spiro atoms. The first kappa shape index (κ1) is 17.4. The predicted molar refractivity (Wildman–Crippen MR) is 95.6 cm³/mol. The van der Waals surface area contributed by atoms with E-state index in [1.54, 1.807) is 37.3 Å². The Morgan fingerprint density at radius 1 is 1.12 bits per heavy atom. The van der Waals surface area contributed by atoms with Gasteiger partial charge in [-0.05, 0) is 29.8 Å². The lowest BCUT2D eigenvalue weighted by atomic mass is 10.2. The number of benzene rings is 2. The Labute approximate surface area is 142 Å². The van der Waals surface area contributed by atoms with Gasteiger partial charge in [-0.15, -0.1) is 6.58 Å². The van der Waals surface area contributed by atoms with Gasteiger partial charge in [0.1, 0.15) is 11.5 Å². The van der Waals surface area contributed by atoms with Crippen molar-refractivity contribution < 1.29 is 14.3 Å². The SMILES string of the molecule is C=CCN(Cc1ccc(OC)cc1)C(=O)Nc1ccccc1OC. The van der Waals surface area contributed by atoms with Crippen LogP contribution in [0.4, 0.5) is 10.5 Å². The Hall–Kier alpha value is -2.95. The summed E-state index contributed by atoms with van der Waals surface area (Å²) in [6.07, 6.45) is 1.70. The molecule has 0 heterocycles. The molecule has 0 radical (unpaired) electrons. The van der Waals surface area contributed by atoms with Crippen molar-refractivity contribution in [3.8, 4) is 11.5 Å². The van der Waals surface area contributed by atoms with E-state index in [0.717, 1.165) is 11.3 Å². The fourth-order valence-electron chi connectivity index (χ4n) is 2.27. The number of hydrogen-bond acceptors (Lipinski definition) is 3. The first-order valence-corrected chi connectivity index (χ1v) is 7.60. The Kier molecular flexibility index (Phi) is 6.25. The van der Waals surface area contributed by atoms with Gasteiger partial charge in [0.25, 0.3) is 0 Å². The van der Waals surface area contributed by atoms with Crippen molar-refractivity contribution in [3.05, 3.63) is 66.7 Å². The summed E-state index contributed by atoms with van der Waals surface area (Å²) in [6, 6.07) is 14.7. The molecule has 1 N–H and O–H groups in total. The molecule has 2 rings (SSSR count). The number of carbonyl (C=O) groups excluding carboxylic acids is 1. The highest BCUT2D eigenvalue weighted by Gasteiger charge is 2.14. The van der Waals surface area contributed by atoms with E-state index in [2.05, 4.69) is 11.9 Å². The summed E-state index contributed by atoms with van der Waals surface area (Å²) >= 11 is 0. The van der Waals surface area contributed by atoms with Gasteiger partial charge in [0.05, 0.1) is 19.9 Å². The maximum Gasteiger partial charge on any atom is 0.322 e. The van der Waals surface area contributed by atoms with Crippen LogP contribution >= 0.6 is 0 Å². The standard InChI is InChI=1S/C19H22N2O3/c1-4-13-21(14-15-9-11-16(23-2)12-10-15)19(22)20-17-7-5-6-8-18(17)24-3/h4-12H,1,13-14H2,2-3H3,(H,20,22). The van der Waals surface area contributed by atoms with Crippen LogP contribution in [0.5, 0.6) is 11.5 Å². The van der Waals surface area contributed by atoms with E-state index in [4.69, 9.17) is 9.47 Å². The smallest absolute Gasteiger partial charge is 0.322 e. The van der Waals surface area contributed by atoms with Crippen molar-refractivity contribution in [1.82, 2.24) is 4.90 Å². The molecule has 0 aliphatic heterocycles. The highest BCUT2D eigenvalue weighted by atomic mass is 16.5. The second kappa shape index (κ2) is 8.62. The van der Waals surface area contributed by atoms with Gasteiger partial charge in [0, 0.05) is 13.1 Å². The molecule has 0 fully saturated rings. The molecule has 5 heteroatoms. The molecular weight excluding hydrogens is 304 g/mol. The first-order chi connectivity index (χ1) is 11.7. The van der Waals surface area contributed by atoms with Crippen molar-refractivity contribution in [2.24, 2.45) is 0 Å². The minimum atomic E-state index is -0.213. The fourth-order valence-corrected chi connectivity index (χ4v) is 2.27. The number of rotatable bonds is 7. The molecular formula is C19H22N2O3. The minimum absolute atomic E-state index is 0.213. The number of nitrogens with one attached hydrogen (secondary N) is 1. The van der Waals surface area contributed by atoms with Crippen molar-refractivity contribution in [1.29, 1.82) is 0 Å². The molecule has 5 nitrogen and oxygen atoms in total. The molecule has 0 aliphatic carbocycles. The van der Waals surface area contributed by atoms with E-state index in [-0.39, 0.29) is 6.03 Å². The van der Waals surface area contributed by atoms with Crippen molar-refractivity contribution in [2.45, 2.75) is 6.54 Å². The average Bonchev–Trinajstić information content (AvgIpc) is 2.62. The molecule has 2 aromatic carbocycles. The van der Waals surface area contributed by atoms with Gasteiger partial charge in [-0.25, -0.2) is 4.79 Å². The van der Waals surface area contributed by atoms with Crippen LogP contribution in [0, 0.1) is 0 Å². The summed E-state index contributed by atoms with van der Waals surface area (Å²) in [4.78, 5) is 14.3. The highest BCUT2D eigenvalue weighted by molar-refractivity contribution is 5.91. The molecule has 2 amide bonds. The van der Waals surface area contributed by atoms with Crippen LogP contribution in [0.1, 0.15) is 5.56 Å². The van der Waals surface area contributed by atoms with E-state index in [9.17, 15) is 4.79 Å². The van der Waals surface area contributed by atoms with Gasteiger partial charge in [-0.1, -0.05) is 30.3 Å². The Bertz CT molecular complexity index is 683. The average molecular weight is 326 g/mol.